The number of Topliss-reactive ketones (excluding diaryl/α,β-unsaturated/α-hetero) is 1. The van der Waals surface area contributed by atoms with Gasteiger partial charge in [0.25, 0.3) is 0 Å². The second-order valence-electron chi connectivity index (χ2n) is 8.57. The molecular formula is C21H34O5Si. The normalized spacial score (nSPS) is 15.7. The molecule has 0 unspecified atom stereocenters. The van der Waals surface area contributed by atoms with Gasteiger partial charge in [0.15, 0.2) is 20.2 Å². The maximum Gasteiger partial charge on any atom is 0.338 e. The third kappa shape index (κ3) is 6.87. The summed E-state index contributed by atoms with van der Waals surface area (Å²) in [5.74, 6) is -1.47. The third-order valence-electron chi connectivity index (χ3n) is 5.40. The van der Waals surface area contributed by atoms with E-state index in [9.17, 15) is 14.7 Å². The first-order valence-corrected chi connectivity index (χ1v) is 12.4. The molecule has 0 amide bonds. The highest BCUT2D eigenvalue weighted by Crippen LogP contribution is 2.36. The number of aliphatic hydroxyl groups is 1. The van der Waals surface area contributed by atoms with Crippen molar-refractivity contribution in [1.82, 2.24) is 0 Å². The summed E-state index contributed by atoms with van der Waals surface area (Å²) in [5.41, 5.74) is 0.396. The van der Waals surface area contributed by atoms with Crippen LogP contribution in [0.4, 0.5) is 0 Å². The minimum absolute atomic E-state index is 0.0968. The molecule has 0 aromatic heterocycles. The predicted molar refractivity (Wildman–Crippen MR) is 109 cm³/mol. The number of ketones is 1. The first-order chi connectivity index (χ1) is 12.4. The first-order valence-electron chi connectivity index (χ1n) is 9.48. The summed E-state index contributed by atoms with van der Waals surface area (Å²) < 4.78 is 11.3. The van der Waals surface area contributed by atoms with Crippen LogP contribution in [0.5, 0.6) is 0 Å². The van der Waals surface area contributed by atoms with Crippen LogP contribution in [-0.4, -0.2) is 44.0 Å². The molecule has 0 bridgehead atoms. The Labute approximate surface area is 164 Å². The fourth-order valence-electron chi connectivity index (χ4n) is 2.32. The molecule has 1 aromatic carbocycles. The summed E-state index contributed by atoms with van der Waals surface area (Å²) in [6, 6.07) is 8.54. The quantitative estimate of drug-likeness (QED) is 0.502. The lowest BCUT2D eigenvalue weighted by molar-refractivity contribution is -0.134. The van der Waals surface area contributed by atoms with Crippen molar-refractivity contribution in [2.45, 2.75) is 71.4 Å². The standard InChI is InChI=1S/C21H34O5Si/c1-15(18(22)13-14-25-27(6,7)21(3,4)5)19(23)16(2)26-20(24)17-11-9-8-10-12-17/h8-12,15-16,18,22H,13-14H2,1-7H3/t15-,16+,18-/m0/s1. The first kappa shape index (κ1) is 23.5. The van der Waals surface area contributed by atoms with Crippen LogP contribution in [0.3, 0.4) is 0 Å². The van der Waals surface area contributed by atoms with Crippen molar-refractivity contribution >= 4 is 20.1 Å². The summed E-state index contributed by atoms with van der Waals surface area (Å²) >= 11 is 0. The minimum atomic E-state index is -1.88. The third-order valence-corrected chi connectivity index (χ3v) is 9.94. The Morgan fingerprint density at radius 2 is 1.67 bits per heavy atom. The molecule has 0 saturated carbocycles. The lowest BCUT2D eigenvalue weighted by Gasteiger charge is -2.36. The number of carbonyl (C=O) groups is 2. The van der Waals surface area contributed by atoms with Crippen molar-refractivity contribution in [3.8, 4) is 0 Å². The number of ether oxygens (including phenoxy) is 1. The van der Waals surface area contributed by atoms with Gasteiger partial charge in [-0.1, -0.05) is 45.9 Å². The van der Waals surface area contributed by atoms with Crippen molar-refractivity contribution < 1.29 is 23.9 Å². The van der Waals surface area contributed by atoms with Gasteiger partial charge in [0.05, 0.1) is 11.7 Å². The Morgan fingerprint density at radius 1 is 1.11 bits per heavy atom. The van der Waals surface area contributed by atoms with Gasteiger partial charge in [-0.25, -0.2) is 4.79 Å². The molecule has 0 saturated heterocycles. The lowest BCUT2D eigenvalue weighted by Crippen LogP contribution is -2.42. The zero-order chi connectivity index (χ0) is 20.8. The number of rotatable bonds is 9. The van der Waals surface area contributed by atoms with Gasteiger partial charge in [0.1, 0.15) is 0 Å². The lowest BCUT2D eigenvalue weighted by atomic mass is 9.94. The summed E-state index contributed by atoms with van der Waals surface area (Å²) in [5, 5.41) is 10.5. The number of hydrogen-bond donors (Lipinski definition) is 1. The van der Waals surface area contributed by atoms with E-state index in [1.165, 1.54) is 0 Å². The zero-order valence-electron chi connectivity index (χ0n) is 17.6. The molecule has 0 spiro atoms. The Morgan fingerprint density at radius 3 is 2.19 bits per heavy atom. The molecule has 0 aliphatic rings. The van der Waals surface area contributed by atoms with E-state index in [4.69, 9.17) is 9.16 Å². The van der Waals surface area contributed by atoms with E-state index in [-0.39, 0.29) is 10.8 Å². The highest BCUT2D eigenvalue weighted by atomic mass is 28.4. The van der Waals surface area contributed by atoms with Crippen molar-refractivity contribution in [1.29, 1.82) is 0 Å². The molecule has 0 aliphatic heterocycles. The SMILES string of the molecule is C[C@H](C(=O)[C@@H](C)OC(=O)c1ccccc1)[C@@H](O)CCO[Si](C)(C)C(C)(C)C. The molecule has 1 rings (SSSR count). The van der Waals surface area contributed by atoms with Crippen LogP contribution in [0.25, 0.3) is 0 Å². The summed E-state index contributed by atoms with van der Waals surface area (Å²) in [6.45, 7) is 14.4. The summed E-state index contributed by atoms with van der Waals surface area (Å²) in [6.07, 6.45) is -1.37. The molecule has 0 radical (unpaired) electrons. The molecule has 0 aliphatic carbocycles. The molecule has 6 heteroatoms. The maximum atomic E-state index is 12.5. The maximum absolute atomic E-state index is 12.5. The van der Waals surface area contributed by atoms with Gasteiger partial charge in [-0.3, -0.25) is 4.79 Å². The topological polar surface area (TPSA) is 72.8 Å². The van der Waals surface area contributed by atoms with E-state index >= 15 is 0 Å². The van der Waals surface area contributed by atoms with Crippen LogP contribution in [0.2, 0.25) is 18.1 Å². The Bertz CT molecular complexity index is 621. The Hall–Kier alpha value is -1.50. The monoisotopic (exact) mass is 394 g/mol. The largest absolute Gasteiger partial charge is 0.451 e. The molecule has 0 heterocycles. The number of esters is 1. The molecular weight excluding hydrogens is 360 g/mol. The van der Waals surface area contributed by atoms with Crippen LogP contribution < -0.4 is 0 Å². The van der Waals surface area contributed by atoms with E-state index < -0.39 is 32.4 Å². The van der Waals surface area contributed by atoms with Crippen LogP contribution >= 0.6 is 0 Å². The fourth-order valence-corrected chi connectivity index (χ4v) is 3.38. The van der Waals surface area contributed by atoms with Crippen LogP contribution in [0.1, 0.15) is 51.4 Å². The van der Waals surface area contributed by atoms with Gasteiger partial charge < -0.3 is 14.3 Å². The molecule has 1 N–H and O–H groups in total. The summed E-state index contributed by atoms with van der Waals surface area (Å²) in [4.78, 5) is 24.6. The molecule has 3 atom stereocenters. The molecule has 1 aromatic rings. The fraction of sp³-hybridized carbons (Fsp3) is 0.619. The van der Waals surface area contributed by atoms with E-state index in [2.05, 4.69) is 33.9 Å². The van der Waals surface area contributed by atoms with Gasteiger partial charge in [0, 0.05) is 12.5 Å². The molecule has 27 heavy (non-hydrogen) atoms. The molecule has 5 nitrogen and oxygen atoms in total. The predicted octanol–water partition coefficient (Wildman–Crippen LogP) is 4.21. The minimum Gasteiger partial charge on any atom is -0.451 e. The zero-order valence-corrected chi connectivity index (χ0v) is 18.6. The number of carbonyl (C=O) groups excluding carboxylic acids is 2. The van der Waals surface area contributed by atoms with Crippen molar-refractivity contribution in [2.24, 2.45) is 5.92 Å². The van der Waals surface area contributed by atoms with Crippen molar-refractivity contribution in [2.75, 3.05) is 6.61 Å². The van der Waals surface area contributed by atoms with Crippen molar-refractivity contribution in [3.05, 3.63) is 35.9 Å². The number of aliphatic hydroxyl groups excluding tert-OH is 1. The molecule has 0 fully saturated rings. The van der Waals surface area contributed by atoms with Crippen LogP contribution in [0, 0.1) is 5.92 Å². The summed E-state index contributed by atoms with van der Waals surface area (Å²) in [7, 11) is -1.88. The highest BCUT2D eigenvalue weighted by Gasteiger charge is 2.37. The van der Waals surface area contributed by atoms with Gasteiger partial charge in [0.2, 0.25) is 0 Å². The second kappa shape index (κ2) is 9.62. The van der Waals surface area contributed by atoms with Gasteiger partial charge in [-0.15, -0.1) is 0 Å². The molecule has 152 valence electrons. The number of hydrogen-bond acceptors (Lipinski definition) is 5. The Kier molecular flexibility index (Phi) is 8.39. The van der Waals surface area contributed by atoms with Gasteiger partial charge in [-0.05, 0) is 43.6 Å². The van der Waals surface area contributed by atoms with Crippen LogP contribution in [0.15, 0.2) is 30.3 Å². The van der Waals surface area contributed by atoms with E-state index in [0.29, 0.717) is 18.6 Å². The van der Waals surface area contributed by atoms with Gasteiger partial charge >= 0.3 is 5.97 Å². The Balaban J connectivity index is 2.53. The number of benzene rings is 1. The van der Waals surface area contributed by atoms with Crippen LogP contribution in [-0.2, 0) is 14.0 Å². The van der Waals surface area contributed by atoms with E-state index in [1.807, 2.05) is 0 Å². The second-order valence-corrected chi connectivity index (χ2v) is 13.4. The van der Waals surface area contributed by atoms with Crippen molar-refractivity contribution in [3.63, 3.8) is 0 Å². The van der Waals surface area contributed by atoms with Gasteiger partial charge in [-0.2, -0.15) is 0 Å². The van der Waals surface area contributed by atoms with E-state index in [1.54, 1.807) is 44.2 Å². The average molecular weight is 395 g/mol. The highest BCUT2D eigenvalue weighted by molar-refractivity contribution is 6.74. The van der Waals surface area contributed by atoms with E-state index in [0.717, 1.165) is 0 Å². The smallest absolute Gasteiger partial charge is 0.338 e. The average Bonchev–Trinajstić information content (AvgIpc) is 2.59.